The standard InChI is InChI=1S/C16H21N5O2.C10H18N2O2.C6H4ClN3/c1-16(2,3)23-15(22)21-8-10-6-11(21)7-20(10)14-12-4-5-17-13(12)18-9-19-14;1-10(2,3)14-9(13)12-6-7-4-8(12)5-11-7;7-5-4-1-2-8-6(4)10-3-9-5/h4-5,9-11H,6-8H2,1-3H3,(H,17,18,19);7-8,11H,4-6H2,1-3H3;1-3H,(H,8,9,10). The summed E-state index contributed by atoms with van der Waals surface area (Å²) in [6.45, 7) is 14.6. The monoisotopic (exact) mass is 666 g/mol. The second-order valence-electron chi connectivity index (χ2n) is 14.3. The molecule has 4 saturated heterocycles. The van der Waals surface area contributed by atoms with Gasteiger partial charge < -0.3 is 39.5 Å². The fraction of sp³-hybridized carbons (Fsp3) is 0.562. The van der Waals surface area contributed by atoms with Crippen LogP contribution in [0.15, 0.2) is 37.2 Å². The zero-order valence-corrected chi connectivity index (χ0v) is 28.4. The first-order valence-corrected chi connectivity index (χ1v) is 16.3. The van der Waals surface area contributed by atoms with Gasteiger partial charge in [-0.3, -0.25) is 0 Å². The van der Waals surface area contributed by atoms with E-state index in [9.17, 15) is 9.59 Å². The molecule has 14 nitrogen and oxygen atoms in total. The summed E-state index contributed by atoms with van der Waals surface area (Å²) < 4.78 is 10.8. The predicted octanol–water partition coefficient (Wildman–Crippen LogP) is 4.73. The van der Waals surface area contributed by atoms with Gasteiger partial charge >= 0.3 is 12.2 Å². The van der Waals surface area contributed by atoms with E-state index < -0.39 is 5.60 Å². The van der Waals surface area contributed by atoms with Crippen molar-refractivity contribution in [3.63, 3.8) is 0 Å². The Kier molecular flexibility index (Phi) is 8.92. The third-order valence-corrected chi connectivity index (χ3v) is 8.76. The van der Waals surface area contributed by atoms with Gasteiger partial charge in [-0.2, -0.15) is 0 Å². The molecule has 4 atom stereocenters. The Morgan fingerprint density at radius 2 is 1.36 bits per heavy atom. The van der Waals surface area contributed by atoms with Crippen LogP contribution in [0.2, 0.25) is 5.15 Å². The van der Waals surface area contributed by atoms with Gasteiger partial charge in [-0.1, -0.05) is 11.6 Å². The molecule has 15 heteroatoms. The van der Waals surface area contributed by atoms with Gasteiger partial charge in [-0.15, -0.1) is 0 Å². The maximum absolute atomic E-state index is 12.3. The Labute approximate surface area is 278 Å². The lowest BCUT2D eigenvalue weighted by Crippen LogP contribution is -2.50. The number of carbonyl (C=O) groups is 2. The number of nitrogens with zero attached hydrogens (tertiary/aromatic N) is 7. The number of H-pyrrole nitrogens is 2. The zero-order chi connectivity index (χ0) is 33.5. The van der Waals surface area contributed by atoms with E-state index in [0.29, 0.717) is 29.8 Å². The molecule has 4 fully saturated rings. The summed E-state index contributed by atoms with van der Waals surface area (Å²) >= 11 is 5.73. The van der Waals surface area contributed by atoms with Crippen molar-refractivity contribution in [2.24, 2.45) is 0 Å². The van der Waals surface area contributed by atoms with Crippen molar-refractivity contribution in [2.45, 2.75) is 89.8 Å². The normalized spacial score (nSPS) is 23.1. The quantitative estimate of drug-likeness (QED) is 0.243. The second-order valence-corrected chi connectivity index (χ2v) is 14.7. The van der Waals surface area contributed by atoms with Gasteiger partial charge in [0.2, 0.25) is 0 Å². The highest BCUT2D eigenvalue weighted by Gasteiger charge is 2.47. The van der Waals surface area contributed by atoms with Crippen LogP contribution in [0.1, 0.15) is 54.4 Å². The lowest BCUT2D eigenvalue weighted by atomic mass is 10.2. The fourth-order valence-corrected chi connectivity index (χ4v) is 6.70. The average molecular weight is 667 g/mol. The largest absolute Gasteiger partial charge is 0.444 e. The van der Waals surface area contributed by atoms with Crippen molar-refractivity contribution in [3.8, 4) is 0 Å². The van der Waals surface area contributed by atoms with Crippen LogP contribution < -0.4 is 10.2 Å². The van der Waals surface area contributed by atoms with E-state index in [4.69, 9.17) is 21.1 Å². The van der Waals surface area contributed by atoms with E-state index >= 15 is 0 Å². The van der Waals surface area contributed by atoms with Crippen molar-refractivity contribution in [1.29, 1.82) is 0 Å². The third-order valence-electron chi connectivity index (χ3n) is 8.46. The molecule has 4 unspecified atom stereocenters. The molecule has 0 spiro atoms. The number of ether oxygens (including phenoxy) is 2. The molecule has 8 heterocycles. The van der Waals surface area contributed by atoms with Crippen LogP contribution in [0.4, 0.5) is 15.4 Å². The van der Waals surface area contributed by atoms with Crippen molar-refractivity contribution in [3.05, 3.63) is 42.3 Å². The highest BCUT2D eigenvalue weighted by molar-refractivity contribution is 6.33. The number of rotatable bonds is 1. The minimum Gasteiger partial charge on any atom is -0.444 e. The number of anilines is 1. The molecule has 8 rings (SSSR count). The summed E-state index contributed by atoms with van der Waals surface area (Å²) in [6.07, 6.45) is 8.36. The maximum atomic E-state index is 12.3. The van der Waals surface area contributed by atoms with Crippen LogP contribution in [-0.2, 0) is 9.47 Å². The summed E-state index contributed by atoms with van der Waals surface area (Å²) in [5.74, 6) is 0.951. The Morgan fingerprint density at radius 1 is 0.766 bits per heavy atom. The van der Waals surface area contributed by atoms with Crippen LogP contribution in [0.5, 0.6) is 0 Å². The van der Waals surface area contributed by atoms with Gasteiger partial charge in [0.15, 0.2) is 0 Å². The molecule has 4 aliphatic rings. The Balaban J connectivity index is 0.000000136. The predicted molar refractivity (Wildman–Crippen MR) is 178 cm³/mol. The molecule has 3 N–H and O–H groups in total. The van der Waals surface area contributed by atoms with Gasteiger partial charge in [-0.25, -0.2) is 29.5 Å². The smallest absolute Gasteiger partial charge is 0.410 e. The van der Waals surface area contributed by atoms with E-state index in [-0.39, 0.29) is 23.8 Å². The molecule has 0 aliphatic carbocycles. The zero-order valence-electron chi connectivity index (χ0n) is 27.7. The minimum absolute atomic E-state index is 0.161. The van der Waals surface area contributed by atoms with Crippen molar-refractivity contribution >= 4 is 51.7 Å². The summed E-state index contributed by atoms with van der Waals surface area (Å²) in [5.41, 5.74) is 0.788. The number of hydrogen-bond donors (Lipinski definition) is 3. The van der Waals surface area contributed by atoms with Crippen molar-refractivity contribution in [2.75, 3.05) is 31.1 Å². The lowest BCUT2D eigenvalue weighted by molar-refractivity contribution is 0.0198. The van der Waals surface area contributed by atoms with Crippen LogP contribution in [0.3, 0.4) is 0 Å². The molecule has 4 bridgehead atoms. The van der Waals surface area contributed by atoms with Crippen LogP contribution in [0, 0.1) is 0 Å². The summed E-state index contributed by atoms with van der Waals surface area (Å²) in [7, 11) is 0. The molecular weight excluding hydrogens is 624 g/mol. The van der Waals surface area contributed by atoms with E-state index in [1.54, 1.807) is 12.5 Å². The highest BCUT2D eigenvalue weighted by atomic mass is 35.5. The SMILES string of the molecule is CC(C)(C)OC(=O)N1CC2CC1CN2.CC(C)(C)OC(=O)N1CC2CC1CN2c1ncnc2[nH]ccc12.Clc1ncnc2[nH]ccc12. The Bertz CT molecular complexity index is 1730. The topological polar surface area (TPSA) is 157 Å². The first kappa shape index (κ1) is 32.8. The van der Waals surface area contributed by atoms with Gasteiger partial charge in [0.1, 0.15) is 46.1 Å². The molecule has 0 aromatic carbocycles. The fourth-order valence-electron chi connectivity index (χ4n) is 6.50. The second kappa shape index (κ2) is 12.8. The van der Waals surface area contributed by atoms with Gasteiger partial charge in [0.05, 0.1) is 22.9 Å². The number of hydrogen-bond acceptors (Lipinski definition) is 10. The average Bonchev–Trinajstić information content (AvgIpc) is 3.84. The van der Waals surface area contributed by atoms with E-state index in [1.165, 1.54) is 6.33 Å². The van der Waals surface area contributed by atoms with Crippen molar-refractivity contribution in [1.82, 2.24) is 45.0 Å². The van der Waals surface area contributed by atoms with Crippen molar-refractivity contribution < 1.29 is 19.1 Å². The number of piperazine rings is 2. The lowest BCUT2D eigenvalue weighted by Gasteiger charge is -2.35. The molecule has 2 amide bonds. The van der Waals surface area contributed by atoms with Crippen LogP contribution in [-0.4, -0.2) is 113 Å². The summed E-state index contributed by atoms with van der Waals surface area (Å²) in [5, 5.41) is 5.74. The number of carbonyl (C=O) groups excluding carboxylic acids is 2. The number of halogens is 1. The van der Waals surface area contributed by atoms with E-state index in [2.05, 4.69) is 40.1 Å². The van der Waals surface area contributed by atoms with Crippen LogP contribution in [0.25, 0.3) is 22.1 Å². The molecule has 4 aromatic rings. The third kappa shape index (κ3) is 7.38. The maximum Gasteiger partial charge on any atom is 0.410 e. The molecule has 252 valence electrons. The Hall–Kier alpha value is -4.17. The molecular formula is C32H43ClN10O4. The summed E-state index contributed by atoms with van der Waals surface area (Å²) in [6, 6.07) is 5.18. The van der Waals surface area contributed by atoms with Gasteiger partial charge in [0.25, 0.3) is 0 Å². The number of nitrogens with one attached hydrogen (secondary N) is 3. The molecule has 4 aromatic heterocycles. The number of aromatic amines is 2. The van der Waals surface area contributed by atoms with Gasteiger partial charge in [0, 0.05) is 50.7 Å². The number of aromatic nitrogens is 6. The Morgan fingerprint density at radius 3 is 1.89 bits per heavy atom. The first-order chi connectivity index (χ1) is 22.3. The molecule has 0 saturated carbocycles. The number of likely N-dealkylation sites (tertiary alicyclic amines) is 2. The van der Waals surface area contributed by atoms with E-state index in [0.717, 1.165) is 60.4 Å². The molecule has 4 aliphatic heterocycles. The van der Waals surface area contributed by atoms with Crippen LogP contribution >= 0.6 is 11.6 Å². The first-order valence-electron chi connectivity index (χ1n) is 16.0. The minimum atomic E-state index is -0.456. The van der Waals surface area contributed by atoms with E-state index in [1.807, 2.05) is 69.7 Å². The highest BCUT2D eigenvalue weighted by Crippen LogP contribution is 2.36. The van der Waals surface area contributed by atoms with Gasteiger partial charge in [-0.05, 0) is 66.5 Å². The number of amides is 2. The molecule has 47 heavy (non-hydrogen) atoms. The number of fused-ring (bicyclic) bond motifs is 6. The summed E-state index contributed by atoms with van der Waals surface area (Å²) in [4.78, 5) is 52.6. The molecule has 0 radical (unpaired) electrons.